The van der Waals surface area contributed by atoms with Gasteiger partial charge < -0.3 is 10.7 Å². The highest BCUT2D eigenvalue weighted by Gasteiger charge is 2.26. The molecule has 0 aliphatic carbocycles. The van der Waals surface area contributed by atoms with E-state index in [1.807, 2.05) is 37.3 Å². The molecule has 4 heteroatoms. The summed E-state index contributed by atoms with van der Waals surface area (Å²) in [6.45, 7) is 1.96. The number of aliphatic imine (C=N–C) groups is 1. The smallest absolute Gasteiger partial charge is 0.131 e. The fraction of sp³-hybridized carbons (Fsp3) is 0.0857. The Hall–Kier alpha value is -4.80. The predicted molar refractivity (Wildman–Crippen MR) is 163 cm³/mol. The zero-order valence-electron chi connectivity index (χ0n) is 21.8. The second-order valence-corrected chi connectivity index (χ2v) is 9.61. The summed E-state index contributed by atoms with van der Waals surface area (Å²) in [6, 6.07) is 42.2. The maximum absolute atomic E-state index is 7.67. The summed E-state index contributed by atoms with van der Waals surface area (Å²) < 4.78 is 0. The monoisotopic (exact) mass is 506 g/mol. The van der Waals surface area contributed by atoms with Gasteiger partial charge in [-0.3, -0.25) is 5.32 Å². The van der Waals surface area contributed by atoms with Crippen molar-refractivity contribution in [2.75, 3.05) is 0 Å². The quantitative estimate of drug-likeness (QED) is 0.205. The Morgan fingerprint density at radius 3 is 2.08 bits per heavy atom. The molecular weight excluding hydrogens is 476 g/mol. The van der Waals surface area contributed by atoms with Gasteiger partial charge in [0, 0.05) is 11.8 Å². The van der Waals surface area contributed by atoms with Gasteiger partial charge >= 0.3 is 0 Å². The van der Waals surface area contributed by atoms with Crippen molar-refractivity contribution in [1.82, 2.24) is 10.6 Å². The number of allylic oxidation sites excluding steroid dienone is 2. The Bertz CT molecular complexity index is 1670. The fourth-order valence-electron chi connectivity index (χ4n) is 5.27. The van der Waals surface area contributed by atoms with E-state index in [2.05, 4.69) is 108 Å². The first-order chi connectivity index (χ1) is 19.2. The molecule has 0 aromatic heterocycles. The predicted octanol–water partition coefficient (Wildman–Crippen LogP) is 7.90. The highest BCUT2D eigenvalue weighted by Crippen LogP contribution is 2.36. The molecular formula is C35H30N4. The third-order valence-corrected chi connectivity index (χ3v) is 7.29. The van der Waals surface area contributed by atoms with Crippen molar-refractivity contribution in [3.05, 3.63) is 150 Å². The molecule has 1 aliphatic rings. The van der Waals surface area contributed by atoms with Gasteiger partial charge in [0.1, 0.15) is 18.2 Å². The summed E-state index contributed by atoms with van der Waals surface area (Å²) in [5.41, 5.74) is 7.66. The molecule has 0 saturated heterocycles. The first-order valence-corrected chi connectivity index (χ1v) is 13.2. The molecule has 6 rings (SSSR count). The van der Waals surface area contributed by atoms with Gasteiger partial charge in [-0.1, -0.05) is 127 Å². The average molecular weight is 507 g/mol. The van der Waals surface area contributed by atoms with Crippen LogP contribution in [0.5, 0.6) is 0 Å². The van der Waals surface area contributed by atoms with Crippen molar-refractivity contribution in [2.45, 2.75) is 19.3 Å². The van der Waals surface area contributed by atoms with Gasteiger partial charge in [0.25, 0.3) is 0 Å². The first-order valence-electron chi connectivity index (χ1n) is 13.2. The van der Waals surface area contributed by atoms with Crippen LogP contribution in [0.25, 0.3) is 27.5 Å². The van der Waals surface area contributed by atoms with Crippen molar-refractivity contribution >= 4 is 28.4 Å². The zero-order valence-corrected chi connectivity index (χ0v) is 21.8. The van der Waals surface area contributed by atoms with Crippen LogP contribution in [0.2, 0.25) is 0 Å². The topological polar surface area (TPSA) is 60.3 Å². The van der Waals surface area contributed by atoms with Crippen LogP contribution in [-0.4, -0.2) is 12.1 Å². The van der Waals surface area contributed by atoms with Crippen LogP contribution in [0.15, 0.2) is 132 Å². The number of amidine groups is 1. The molecule has 0 amide bonds. The SMILES string of the molecule is C/C=C(\C=N)c1ccc(-c2ccc(C3N=C(c4ccccc4)NC(c4ccccc4)N3)c3ccccc23)cc1. The third kappa shape index (κ3) is 4.90. The van der Waals surface area contributed by atoms with Crippen LogP contribution in [0.1, 0.15) is 41.5 Å². The Morgan fingerprint density at radius 2 is 1.38 bits per heavy atom. The van der Waals surface area contributed by atoms with E-state index in [1.54, 1.807) is 0 Å². The van der Waals surface area contributed by atoms with Crippen molar-refractivity contribution in [1.29, 1.82) is 5.41 Å². The van der Waals surface area contributed by atoms with Crippen LogP contribution < -0.4 is 10.6 Å². The van der Waals surface area contributed by atoms with E-state index in [0.717, 1.165) is 39.2 Å². The molecule has 1 aliphatic heterocycles. The minimum absolute atomic E-state index is 0.0791. The lowest BCUT2D eigenvalue weighted by Crippen LogP contribution is -2.45. The van der Waals surface area contributed by atoms with E-state index in [-0.39, 0.29) is 12.3 Å². The van der Waals surface area contributed by atoms with Crippen molar-refractivity contribution < 1.29 is 0 Å². The van der Waals surface area contributed by atoms with E-state index in [1.165, 1.54) is 22.6 Å². The van der Waals surface area contributed by atoms with Gasteiger partial charge in [-0.25, -0.2) is 4.99 Å². The van der Waals surface area contributed by atoms with Crippen LogP contribution in [0, 0.1) is 5.41 Å². The minimum atomic E-state index is -0.224. The Balaban J connectivity index is 1.44. The number of rotatable bonds is 6. The summed E-state index contributed by atoms with van der Waals surface area (Å²) in [7, 11) is 0. The maximum Gasteiger partial charge on any atom is 0.131 e. The summed E-state index contributed by atoms with van der Waals surface area (Å²) in [5, 5.41) is 17.4. The number of hydrogen-bond donors (Lipinski definition) is 3. The Labute approximate surface area is 229 Å². The number of nitrogens with one attached hydrogen (secondary N) is 3. The van der Waals surface area contributed by atoms with Crippen LogP contribution in [-0.2, 0) is 0 Å². The van der Waals surface area contributed by atoms with E-state index >= 15 is 0 Å². The summed E-state index contributed by atoms with van der Waals surface area (Å²) in [6.07, 6.45) is 3.06. The number of hydrogen-bond acceptors (Lipinski definition) is 4. The van der Waals surface area contributed by atoms with E-state index in [9.17, 15) is 0 Å². The lowest BCUT2D eigenvalue weighted by molar-refractivity contribution is 0.410. The highest BCUT2D eigenvalue weighted by atomic mass is 15.3. The summed E-state index contributed by atoms with van der Waals surface area (Å²) in [4.78, 5) is 5.17. The van der Waals surface area contributed by atoms with Crippen LogP contribution in [0.4, 0.5) is 0 Å². The van der Waals surface area contributed by atoms with Crippen molar-refractivity contribution in [3.63, 3.8) is 0 Å². The second kappa shape index (κ2) is 10.9. The van der Waals surface area contributed by atoms with E-state index in [4.69, 9.17) is 10.4 Å². The van der Waals surface area contributed by atoms with E-state index in [0.29, 0.717) is 0 Å². The van der Waals surface area contributed by atoms with Gasteiger partial charge in [0.2, 0.25) is 0 Å². The zero-order chi connectivity index (χ0) is 26.6. The largest absolute Gasteiger partial charge is 0.350 e. The van der Waals surface area contributed by atoms with Gasteiger partial charge in [0.15, 0.2) is 0 Å². The van der Waals surface area contributed by atoms with Crippen molar-refractivity contribution in [2.24, 2.45) is 4.99 Å². The highest BCUT2D eigenvalue weighted by molar-refractivity contribution is 6.08. The lowest BCUT2D eigenvalue weighted by atomic mass is 9.92. The third-order valence-electron chi connectivity index (χ3n) is 7.29. The molecule has 39 heavy (non-hydrogen) atoms. The van der Waals surface area contributed by atoms with Gasteiger partial charge in [-0.05, 0) is 51.1 Å². The molecule has 0 bridgehead atoms. The molecule has 2 atom stereocenters. The molecule has 4 nitrogen and oxygen atoms in total. The molecule has 0 spiro atoms. The molecule has 0 saturated carbocycles. The van der Waals surface area contributed by atoms with Gasteiger partial charge in [-0.2, -0.15) is 0 Å². The molecule has 2 unspecified atom stereocenters. The van der Waals surface area contributed by atoms with Gasteiger partial charge in [0.05, 0.1) is 0 Å². The van der Waals surface area contributed by atoms with E-state index < -0.39 is 0 Å². The van der Waals surface area contributed by atoms with Crippen LogP contribution in [0.3, 0.4) is 0 Å². The van der Waals surface area contributed by atoms with Crippen LogP contribution >= 0.6 is 0 Å². The minimum Gasteiger partial charge on any atom is -0.350 e. The molecule has 1 heterocycles. The fourth-order valence-corrected chi connectivity index (χ4v) is 5.27. The number of fused-ring (bicyclic) bond motifs is 1. The normalized spacial score (nSPS) is 17.4. The summed E-state index contributed by atoms with van der Waals surface area (Å²) >= 11 is 0. The molecule has 5 aromatic carbocycles. The average Bonchev–Trinajstić information content (AvgIpc) is 3.02. The molecule has 5 aromatic rings. The lowest BCUT2D eigenvalue weighted by Gasteiger charge is -2.32. The maximum atomic E-state index is 7.67. The molecule has 190 valence electrons. The standard InChI is InChI=1S/C35H30N4/c1-2-24(23-36)25-17-19-26(20-18-25)29-21-22-32(31-16-10-9-15-30(29)31)35-38-33(27-11-5-3-6-12-27)37-34(39-35)28-13-7-4-8-14-28/h2-23,33,35-36,38H,1H3,(H,37,39)/b24-2+,36-23?. The second-order valence-electron chi connectivity index (χ2n) is 9.61. The summed E-state index contributed by atoms with van der Waals surface area (Å²) in [5.74, 6) is 0.878. The van der Waals surface area contributed by atoms with Crippen molar-refractivity contribution in [3.8, 4) is 11.1 Å². The molecule has 0 radical (unpaired) electrons. The first kappa shape index (κ1) is 24.5. The Kier molecular flexibility index (Phi) is 6.86. The van der Waals surface area contributed by atoms with Gasteiger partial charge in [-0.15, -0.1) is 0 Å². The number of nitrogens with zero attached hydrogens (tertiary/aromatic N) is 1. The number of benzene rings is 5. The molecule has 0 fully saturated rings. The Morgan fingerprint density at radius 1 is 0.718 bits per heavy atom. The molecule has 3 N–H and O–H groups in total.